The Balaban J connectivity index is 1.91. The molecule has 116 valence electrons. The van der Waals surface area contributed by atoms with Gasteiger partial charge >= 0.3 is 0 Å². The van der Waals surface area contributed by atoms with Gasteiger partial charge in [0.25, 0.3) is 0 Å². The van der Waals surface area contributed by atoms with E-state index in [9.17, 15) is 13.2 Å². The Bertz CT molecular complexity index is 765. The summed E-state index contributed by atoms with van der Waals surface area (Å²) in [5.41, 5.74) is 2.97. The van der Waals surface area contributed by atoms with E-state index in [1.807, 2.05) is 31.2 Å². The second-order valence-electron chi connectivity index (χ2n) is 5.36. The van der Waals surface area contributed by atoms with Crippen LogP contribution in [0.2, 0.25) is 0 Å². The molecule has 0 aliphatic carbocycles. The fourth-order valence-electron chi connectivity index (χ4n) is 2.13. The Hall–Kier alpha value is -2.14. The van der Waals surface area contributed by atoms with Crippen LogP contribution in [-0.4, -0.2) is 20.6 Å². The average molecular weight is 317 g/mol. The molecule has 2 aromatic rings. The first-order chi connectivity index (χ1) is 10.3. The molecule has 0 aliphatic rings. The van der Waals surface area contributed by atoms with Crippen LogP contribution in [0.25, 0.3) is 0 Å². The first kappa shape index (κ1) is 16.2. The SMILES string of the molecule is Cc1cccc(CC(=O)NCc2ccc(S(C)(=O)=O)cc2)c1. The molecular weight excluding hydrogens is 298 g/mol. The highest BCUT2D eigenvalue weighted by Crippen LogP contribution is 2.10. The van der Waals surface area contributed by atoms with Crippen molar-refractivity contribution in [3.8, 4) is 0 Å². The van der Waals surface area contributed by atoms with E-state index in [1.54, 1.807) is 24.3 Å². The number of aryl methyl sites for hydroxylation is 1. The van der Waals surface area contributed by atoms with Gasteiger partial charge in [0, 0.05) is 12.8 Å². The number of benzene rings is 2. The van der Waals surface area contributed by atoms with Crippen molar-refractivity contribution in [1.29, 1.82) is 0 Å². The van der Waals surface area contributed by atoms with Crippen LogP contribution in [0.3, 0.4) is 0 Å². The molecule has 0 bridgehead atoms. The van der Waals surface area contributed by atoms with E-state index >= 15 is 0 Å². The van der Waals surface area contributed by atoms with Crippen LogP contribution in [0.1, 0.15) is 16.7 Å². The highest BCUT2D eigenvalue weighted by molar-refractivity contribution is 7.90. The van der Waals surface area contributed by atoms with E-state index in [1.165, 1.54) is 6.26 Å². The lowest BCUT2D eigenvalue weighted by molar-refractivity contribution is -0.120. The molecule has 5 heteroatoms. The van der Waals surface area contributed by atoms with Crippen LogP contribution in [0.15, 0.2) is 53.4 Å². The number of rotatable bonds is 5. The molecule has 1 amide bonds. The van der Waals surface area contributed by atoms with Gasteiger partial charge in [0.15, 0.2) is 9.84 Å². The van der Waals surface area contributed by atoms with Crippen molar-refractivity contribution in [1.82, 2.24) is 5.32 Å². The van der Waals surface area contributed by atoms with Gasteiger partial charge in [0.2, 0.25) is 5.91 Å². The van der Waals surface area contributed by atoms with E-state index in [-0.39, 0.29) is 10.8 Å². The minimum atomic E-state index is -3.18. The molecule has 4 nitrogen and oxygen atoms in total. The van der Waals surface area contributed by atoms with Crippen LogP contribution in [0.4, 0.5) is 0 Å². The molecule has 0 saturated heterocycles. The smallest absolute Gasteiger partial charge is 0.224 e. The predicted molar refractivity (Wildman–Crippen MR) is 86.3 cm³/mol. The van der Waals surface area contributed by atoms with Crippen molar-refractivity contribution in [2.45, 2.75) is 24.8 Å². The number of sulfone groups is 1. The second-order valence-corrected chi connectivity index (χ2v) is 7.37. The third kappa shape index (κ3) is 4.70. The van der Waals surface area contributed by atoms with Crippen molar-refractivity contribution < 1.29 is 13.2 Å². The van der Waals surface area contributed by atoms with Gasteiger partial charge in [-0.25, -0.2) is 8.42 Å². The first-order valence-electron chi connectivity index (χ1n) is 6.96. The quantitative estimate of drug-likeness (QED) is 0.920. The summed E-state index contributed by atoms with van der Waals surface area (Å²) in [4.78, 5) is 12.2. The van der Waals surface area contributed by atoms with Crippen molar-refractivity contribution in [2.24, 2.45) is 0 Å². The van der Waals surface area contributed by atoms with Crippen LogP contribution < -0.4 is 5.32 Å². The van der Waals surface area contributed by atoms with E-state index < -0.39 is 9.84 Å². The first-order valence-corrected chi connectivity index (χ1v) is 8.85. The molecule has 2 rings (SSSR count). The van der Waals surface area contributed by atoms with Gasteiger partial charge in [-0.1, -0.05) is 42.0 Å². The zero-order chi connectivity index (χ0) is 16.2. The molecule has 2 aromatic carbocycles. The number of hydrogen-bond donors (Lipinski definition) is 1. The minimum Gasteiger partial charge on any atom is -0.352 e. The maximum Gasteiger partial charge on any atom is 0.224 e. The van der Waals surface area contributed by atoms with Gasteiger partial charge in [-0.2, -0.15) is 0 Å². The maximum atomic E-state index is 11.9. The van der Waals surface area contributed by atoms with Crippen LogP contribution in [0, 0.1) is 6.92 Å². The lowest BCUT2D eigenvalue weighted by atomic mass is 10.1. The van der Waals surface area contributed by atoms with E-state index in [4.69, 9.17) is 0 Å². The number of amides is 1. The molecule has 1 N–H and O–H groups in total. The molecule has 0 saturated carbocycles. The van der Waals surface area contributed by atoms with E-state index in [0.717, 1.165) is 16.7 Å². The van der Waals surface area contributed by atoms with Crippen molar-refractivity contribution in [3.63, 3.8) is 0 Å². The fourth-order valence-corrected chi connectivity index (χ4v) is 2.76. The monoisotopic (exact) mass is 317 g/mol. The van der Waals surface area contributed by atoms with Gasteiger partial charge in [0.1, 0.15) is 0 Å². The molecule has 0 heterocycles. The van der Waals surface area contributed by atoms with Crippen molar-refractivity contribution in [2.75, 3.05) is 6.26 Å². The molecule has 0 aromatic heterocycles. The molecule has 0 aliphatic heterocycles. The van der Waals surface area contributed by atoms with Crippen LogP contribution in [0.5, 0.6) is 0 Å². The third-order valence-corrected chi connectivity index (χ3v) is 4.42. The normalized spacial score (nSPS) is 11.2. The molecule has 0 atom stereocenters. The minimum absolute atomic E-state index is 0.0576. The highest BCUT2D eigenvalue weighted by Gasteiger charge is 2.07. The van der Waals surface area contributed by atoms with Crippen LogP contribution >= 0.6 is 0 Å². The lowest BCUT2D eigenvalue weighted by Crippen LogP contribution is -2.24. The summed E-state index contributed by atoms with van der Waals surface area (Å²) < 4.78 is 22.7. The molecule has 0 spiro atoms. The number of nitrogens with one attached hydrogen (secondary N) is 1. The summed E-state index contributed by atoms with van der Waals surface area (Å²) in [7, 11) is -3.18. The Morgan fingerprint density at radius 1 is 1.05 bits per heavy atom. The number of hydrogen-bond acceptors (Lipinski definition) is 3. The predicted octanol–water partition coefficient (Wildman–Crippen LogP) is 2.26. The number of carbonyl (C=O) groups is 1. The molecule has 22 heavy (non-hydrogen) atoms. The van der Waals surface area contributed by atoms with E-state index in [2.05, 4.69) is 5.32 Å². The largest absolute Gasteiger partial charge is 0.352 e. The Labute approximate surface area is 131 Å². The lowest BCUT2D eigenvalue weighted by Gasteiger charge is -2.07. The fraction of sp³-hybridized carbons (Fsp3) is 0.235. The third-order valence-electron chi connectivity index (χ3n) is 3.29. The summed E-state index contributed by atoms with van der Waals surface area (Å²) in [5.74, 6) is -0.0576. The summed E-state index contributed by atoms with van der Waals surface area (Å²) >= 11 is 0. The Kier molecular flexibility index (Phi) is 4.98. The molecule has 0 fully saturated rings. The summed E-state index contributed by atoms with van der Waals surface area (Å²) in [6.45, 7) is 2.37. The average Bonchev–Trinajstić information content (AvgIpc) is 2.45. The van der Waals surface area contributed by atoms with Gasteiger partial charge < -0.3 is 5.32 Å². The topological polar surface area (TPSA) is 63.2 Å². The summed E-state index contributed by atoms with van der Waals surface area (Å²) in [5, 5.41) is 2.84. The van der Waals surface area contributed by atoms with Crippen molar-refractivity contribution in [3.05, 3.63) is 65.2 Å². The molecule has 0 unspecified atom stereocenters. The Morgan fingerprint density at radius 3 is 2.32 bits per heavy atom. The van der Waals surface area contributed by atoms with Crippen molar-refractivity contribution >= 4 is 15.7 Å². The second kappa shape index (κ2) is 6.75. The number of carbonyl (C=O) groups excluding carboxylic acids is 1. The van der Waals surface area contributed by atoms with Gasteiger partial charge in [-0.05, 0) is 30.2 Å². The highest BCUT2D eigenvalue weighted by atomic mass is 32.2. The standard InChI is InChI=1S/C17H19NO3S/c1-13-4-3-5-15(10-13)11-17(19)18-12-14-6-8-16(9-7-14)22(2,20)21/h3-10H,11-12H2,1-2H3,(H,18,19). The summed E-state index contributed by atoms with van der Waals surface area (Å²) in [6.07, 6.45) is 1.51. The van der Waals surface area contributed by atoms with Gasteiger partial charge in [-0.3, -0.25) is 4.79 Å². The van der Waals surface area contributed by atoms with Gasteiger partial charge in [0.05, 0.1) is 11.3 Å². The maximum absolute atomic E-state index is 11.9. The van der Waals surface area contributed by atoms with Gasteiger partial charge in [-0.15, -0.1) is 0 Å². The summed E-state index contributed by atoms with van der Waals surface area (Å²) in [6, 6.07) is 14.4. The molecule has 0 radical (unpaired) electrons. The zero-order valence-corrected chi connectivity index (χ0v) is 13.5. The Morgan fingerprint density at radius 2 is 1.73 bits per heavy atom. The zero-order valence-electron chi connectivity index (χ0n) is 12.7. The molecular formula is C17H19NO3S. The van der Waals surface area contributed by atoms with E-state index in [0.29, 0.717) is 13.0 Å². The van der Waals surface area contributed by atoms with Crippen LogP contribution in [-0.2, 0) is 27.6 Å².